The Morgan fingerprint density at radius 1 is 1.19 bits per heavy atom. The molecule has 2 rings (SSSR count). The van der Waals surface area contributed by atoms with Crippen LogP contribution in [0.2, 0.25) is 0 Å². The third-order valence-corrected chi connectivity index (χ3v) is 5.07. The maximum atomic E-state index is 9.92. The van der Waals surface area contributed by atoms with Crippen molar-refractivity contribution in [2.45, 2.75) is 66.0 Å². The predicted octanol–water partition coefficient (Wildman–Crippen LogP) is 3.33. The summed E-state index contributed by atoms with van der Waals surface area (Å²) >= 11 is 0. The lowest BCUT2D eigenvalue weighted by molar-refractivity contribution is 0.203. The zero-order valence-corrected chi connectivity index (χ0v) is 16.9. The van der Waals surface area contributed by atoms with E-state index in [0.717, 1.165) is 29.2 Å². The normalized spacial score (nSPS) is 16.7. The number of aliphatic imine (C=N–C) groups is 1. The lowest BCUT2D eigenvalue weighted by Crippen LogP contribution is -2.48. The molecule has 1 heterocycles. The molecular weight excluding hydrogens is 324 g/mol. The number of benzene rings is 1. The van der Waals surface area contributed by atoms with Crippen LogP contribution in [0, 0.1) is 13.8 Å². The van der Waals surface area contributed by atoms with Crippen molar-refractivity contribution in [3.05, 3.63) is 28.8 Å². The van der Waals surface area contributed by atoms with Gasteiger partial charge >= 0.3 is 0 Å². The van der Waals surface area contributed by atoms with Gasteiger partial charge in [-0.25, -0.2) is 4.99 Å². The molecule has 0 aromatic heterocycles. The third kappa shape index (κ3) is 6.20. The van der Waals surface area contributed by atoms with Crippen LogP contribution in [0.15, 0.2) is 17.1 Å². The van der Waals surface area contributed by atoms with Gasteiger partial charge in [-0.3, -0.25) is 0 Å². The molecule has 1 fully saturated rings. The summed E-state index contributed by atoms with van der Waals surface area (Å²) in [4.78, 5) is 7.33. The second-order valence-electron chi connectivity index (χ2n) is 7.39. The lowest BCUT2D eigenvalue weighted by Gasteiger charge is -2.33. The molecule has 0 amide bonds. The van der Waals surface area contributed by atoms with E-state index >= 15 is 0 Å². The fraction of sp³-hybridized carbons (Fsp3) is 0.667. The maximum Gasteiger partial charge on any atom is 0.191 e. The topological polar surface area (TPSA) is 59.9 Å². The van der Waals surface area contributed by atoms with Gasteiger partial charge in [0, 0.05) is 25.7 Å². The van der Waals surface area contributed by atoms with Crippen LogP contribution in [0.3, 0.4) is 0 Å². The summed E-state index contributed by atoms with van der Waals surface area (Å²) < 4.78 is 0. The highest BCUT2D eigenvalue weighted by Crippen LogP contribution is 2.23. The molecular formula is C21H36N4O. The smallest absolute Gasteiger partial charge is 0.191 e. The summed E-state index contributed by atoms with van der Waals surface area (Å²) in [7, 11) is 0. The Bertz CT molecular complexity index is 569. The number of hydrogen-bond acceptors (Lipinski definition) is 3. The molecule has 1 aromatic rings. The number of aryl methyl sites for hydroxylation is 2. The van der Waals surface area contributed by atoms with Crippen molar-refractivity contribution < 1.29 is 5.11 Å². The first kappa shape index (κ1) is 20.6. The highest BCUT2D eigenvalue weighted by atomic mass is 16.3. The van der Waals surface area contributed by atoms with Crippen molar-refractivity contribution in [1.82, 2.24) is 15.5 Å². The van der Waals surface area contributed by atoms with Gasteiger partial charge in [-0.1, -0.05) is 25.5 Å². The van der Waals surface area contributed by atoms with Crippen molar-refractivity contribution in [2.75, 3.05) is 26.2 Å². The van der Waals surface area contributed by atoms with Crippen LogP contribution < -0.4 is 10.6 Å². The van der Waals surface area contributed by atoms with Gasteiger partial charge in [0.05, 0.1) is 6.54 Å². The number of guanidine groups is 1. The Morgan fingerprint density at radius 3 is 2.42 bits per heavy atom. The van der Waals surface area contributed by atoms with Crippen molar-refractivity contribution in [3.63, 3.8) is 0 Å². The fourth-order valence-corrected chi connectivity index (χ4v) is 3.50. The second-order valence-corrected chi connectivity index (χ2v) is 7.39. The van der Waals surface area contributed by atoms with Gasteiger partial charge < -0.3 is 20.6 Å². The molecule has 26 heavy (non-hydrogen) atoms. The molecule has 0 bridgehead atoms. The number of nitrogens with zero attached hydrogens (tertiary/aromatic N) is 2. The molecule has 0 aliphatic carbocycles. The zero-order valence-electron chi connectivity index (χ0n) is 16.9. The lowest BCUT2D eigenvalue weighted by atomic mass is 10.0. The van der Waals surface area contributed by atoms with Crippen LogP contribution in [0.25, 0.3) is 0 Å². The van der Waals surface area contributed by atoms with E-state index in [0.29, 0.717) is 18.3 Å². The number of phenols is 1. The van der Waals surface area contributed by atoms with Gasteiger partial charge in [-0.15, -0.1) is 0 Å². The molecule has 1 aliphatic heterocycles. The molecule has 0 saturated carbocycles. The minimum Gasteiger partial charge on any atom is -0.507 e. The number of unbranched alkanes of at least 4 members (excludes halogenated alkanes) is 1. The number of likely N-dealkylation sites (tertiary alicyclic amines) is 1. The summed E-state index contributed by atoms with van der Waals surface area (Å²) in [5, 5.41) is 16.9. The van der Waals surface area contributed by atoms with Crippen LogP contribution in [0.1, 0.15) is 56.2 Å². The van der Waals surface area contributed by atoms with Gasteiger partial charge in [-0.2, -0.15) is 0 Å². The van der Waals surface area contributed by atoms with E-state index < -0.39 is 0 Å². The first-order valence-electron chi connectivity index (χ1n) is 10.1. The molecule has 5 nitrogen and oxygen atoms in total. The van der Waals surface area contributed by atoms with E-state index in [2.05, 4.69) is 29.4 Å². The van der Waals surface area contributed by atoms with E-state index in [1.807, 2.05) is 26.0 Å². The van der Waals surface area contributed by atoms with Crippen LogP contribution >= 0.6 is 0 Å². The zero-order chi connectivity index (χ0) is 18.9. The van der Waals surface area contributed by atoms with Crippen molar-refractivity contribution >= 4 is 5.96 Å². The largest absolute Gasteiger partial charge is 0.507 e. The Labute approximate surface area is 158 Å². The minimum atomic E-state index is 0.387. The predicted molar refractivity (Wildman–Crippen MR) is 110 cm³/mol. The molecule has 1 saturated heterocycles. The number of rotatable bonds is 7. The highest BCUT2D eigenvalue weighted by Gasteiger charge is 2.19. The second kappa shape index (κ2) is 10.4. The average Bonchev–Trinajstić information content (AvgIpc) is 2.63. The van der Waals surface area contributed by atoms with Gasteiger partial charge in [-0.05, 0) is 63.3 Å². The molecule has 0 atom stereocenters. The number of phenolic OH excluding ortho intramolecular Hbond substituents is 1. The number of hydrogen-bond donors (Lipinski definition) is 3. The van der Waals surface area contributed by atoms with Crippen LogP contribution in [-0.2, 0) is 6.54 Å². The average molecular weight is 361 g/mol. The molecule has 0 unspecified atom stereocenters. The Balaban J connectivity index is 1.91. The number of nitrogens with one attached hydrogen (secondary N) is 2. The van der Waals surface area contributed by atoms with E-state index in [1.165, 1.54) is 45.3 Å². The molecule has 0 radical (unpaired) electrons. The summed E-state index contributed by atoms with van der Waals surface area (Å²) in [6, 6.07) is 4.53. The van der Waals surface area contributed by atoms with Gasteiger partial charge in [0.15, 0.2) is 5.96 Å². The summed E-state index contributed by atoms with van der Waals surface area (Å²) in [6.07, 6.45) is 4.91. The van der Waals surface area contributed by atoms with Crippen LogP contribution in [0.4, 0.5) is 0 Å². The van der Waals surface area contributed by atoms with Crippen molar-refractivity contribution in [1.29, 1.82) is 0 Å². The highest BCUT2D eigenvalue weighted by molar-refractivity contribution is 5.80. The van der Waals surface area contributed by atoms with Crippen molar-refractivity contribution in [3.8, 4) is 5.75 Å². The van der Waals surface area contributed by atoms with Gasteiger partial charge in [0.1, 0.15) is 5.75 Å². The molecule has 3 N–H and O–H groups in total. The molecule has 1 aromatic carbocycles. The van der Waals surface area contributed by atoms with Crippen LogP contribution in [-0.4, -0.2) is 48.2 Å². The van der Waals surface area contributed by atoms with E-state index in [9.17, 15) is 5.11 Å². The Morgan fingerprint density at radius 2 is 1.85 bits per heavy atom. The first-order valence-corrected chi connectivity index (χ1v) is 10.1. The monoisotopic (exact) mass is 360 g/mol. The first-order chi connectivity index (χ1) is 12.5. The number of aromatic hydroxyl groups is 1. The maximum absolute atomic E-state index is 9.92. The minimum absolute atomic E-state index is 0.387. The van der Waals surface area contributed by atoms with Crippen LogP contribution in [0.5, 0.6) is 5.75 Å². The molecule has 5 heteroatoms. The standard InChI is InChI=1S/C21H36N4O/c1-5-7-10-25-11-8-19(9-12-25)24-21(22-6-2)23-15-18-13-16(3)20(26)17(4)14-18/h13-14,19,26H,5-12,15H2,1-4H3,(H2,22,23,24). The van der Waals surface area contributed by atoms with E-state index in [4.69, 9.17) is 4.99 Å². The molecule has 146 valence electrons. The van der Waals surface area contributed by atoms with E-state index in [1.54, 1.807) is 0 Å². The Kier molecular flexibility index (Phi) is 8.23. The molecule has 1 aliphatic rings. The number of piperidine rings is 1. The summed E-state index contributed by atoms with van der Waals surface area (Å²) in [5.74, 6) is 1.28. The quantitative estimate of drug-likeness (QED) is 0.516. The van der Waals surface area contributed by atoms with Gasteiger partial charge in [0.2, 0.25) is 0 Å². The van der Waals surface area contributed by atoms with Crippen molar-refractivity contribution in [2.24, 2.45) is 4.99 Å². The SMILES string of the molecule is CCCCN1CCC(NC(=NCc2cc(C)c(O)c(C)c2)NCC)CC1. The molecule has 0 spiro atoms. The Hall–Kier alpha value is -1.75. The fourth-order valence-electron chi connectivity index (χ4n) is 3.50. The summed E-state index contributed by atoms with van der Waals surface area (Å²) in [5.41, 5.74) is 2.95. The van der Waals surface area contributed by atoms with Gasteiger partial charge in [0.25, 0.3) is 0 Å². The third-order valence-electron chi connectivity index (χ3n) is 5.07. The van der Waals surface area contributed by atoms with E-state index in [-0.39, 0.29) is 0 Å². The summed E-state index contributed by atoms with van der Waals surface area (Å²) in [6.45, 7) is 13.3.